The van der Waals surface area contributed by atoms with Crippen LogP contribution >= 0.6 is 0 Å². The predicted molar refractivity (Wildman–Crippen MR) is 71.7 cm³/mol. The fourth-order valence-electron chi connectivity index (χ4n) is 2.36. The second-order valence-corrected chi connectivity index (χ2v) is 4.79. The lowest BCUT2D eigenvalue weighted by Crippen LogP contribution is -2.36. The van der Waals surface area contributed by atoms with Crippen molar-refractivity contribution in [1.82, 2.24) is 15.5 Å². The Morgan fingerprint density at radius 3 is 2.89 bits per heavy atom. The number of piperidine rings is 1. The predicted octanol–water partition coefficient (Wildman–Crippen LogP) is 0.192. The van der Waals surface area contributed by atoms with Gasteiger partial charge in [0, 0.05) is 32.3 Å². The van der Waals surface area contributed by atoms with E-state index in [1.54, 1.807) is 6.20 Å². The third kappa shape index (κ3) is 4.17. The van der Waals surface area contributed by atoms with Gasteiger partial charge in [-0.1, -0.05) is 0 Å². The Hall–Kier alpha value is -1.69. The Bertz CT molecular complexity index is 391. The van der Waals surface area contributed by atoms with Crippen LogP contribution in [0.3, 0.4) is 0 Å². The molecule has 2 heterocycles. The standard InChI is InChI=1S/C13H20N4O2/c18-9-6-14-13(19)10-11-3-7-17(8-4-11)12-2-1-5-15-16-12/h1-2,5,11,18H,3-4,6-10H2,(H,14,19). The molecule has 104 valence electrons. The summed E-state index contributed by atoms with van der Waals surface area (Å²) >= 11 is 0. The molecule has 1 aromatic rings. The molecule has 2 N–H and O–H groups in total. The van der Waals surface area contributed by atoms with Gasteiger partial charge in [-0.2, -0.15) is 5.10 Å². The lowest BCUT2D eigenvalue weighted by Gasteiger charge is -2.32. The van der Waals surface area contributed by atoms with E-state index in [0.717, 1.165) is 31.7 Å². The van der Waals surface area contributed by atoms with Gasteiger partial charge in [-0.05, 0) is 30.9 Å². The highest BCUT2D eigenvalue weighted by atomic mass is 16.3. The number of anilines is 1. The van der Waals surface area contributed by atoms with E-state index in [1.165, 1.54) is 0 Å². The maximum atomic E-state index is 11.6. The van der Waals surface area contributed by atoms with Crippen LogP contribution in [0.1, 0.15) is 19.3 Å². The van der Waals surface area contributed by atoms with Crippen molar-refractivity contribution < 1.29 is 9.90 Å². The van der Waals surface area contributed by atoms with Gasteiger partial charge in [0.15, 0.2) is 5.82 Å². The van der Waals surface area contributed by atoms with Gasteiger partial charge in [-0.25, -0.2) is 0 Å². The quantitative estimate of drug-likeness (QED) is 0.794. The molecule has 1 fully saturated rings. The van der Waals surface area contributed by atoms with Gasteiger partial charge >= 0.3 is 0 Å². The van der Waals surface area contributed by atoms with Gasteiger partial charge in [0.25, 0.3) is 0 Å². The number of hydrogen-bond acceptors (Lipinski definition) is 5. The molecule has 1 aromatic heterocycles. The molecule has 6 heteroatoms. The number of hydrogen-bond donors (Lipinski definition) is 2. The molecule has 0 spiro atoms. The monoisotopic (exact) mass is 264 g/mol. The molecular weight excluding hydrogens is 244 g/mol. The van der Waals surface area contributed by atoms with Gasteiger partial charge in [0.1, 0.15) is 0 Å². The van der Waals surface area contributed by atoms with E-state index in [1.807, 2.05) is 12.1 Å². The maximum Gasteiger partial charge on any atom is 0.220 e. The van der Waals surface area contributed by atoms with Crippen molar-refractivity contribution in [3.63, 3.8) is 0 Å². The first-order chi connectivity index (χ1) is 9.29. The largest absolute Gasteiger partial charge is 0.395 e. The second-order valence-electron chi connectivity index (χ2n) is 4.79. The van der Waals surface area contributed by atoms with Crippen LogP contribution in [0.15, 0.2) is 18.3 Å². The zero-order valence-corrected chi connectivity index (χ0v) is 11.0. The van der Waals surface area contributed by atoms with Gasteiger partial charge in [-0.3, -0.25) is 4.79 Å². The number of nitrogens with one attached hydrogen (secondary N) is 1. The van der Waals surface area contributed by atoms with Gasteiger partial charge in [-0.15, -0.1) is 5.10 Å². The summed E-state index contributed by atoms with van der Waals surface area (Å²) in [5, 5.41) is 19.3. The first-order valence-corrected chi connectivity index (χ1v) is 6.70. The summed E-state index contributed by atoms with van der Waals surface area (Å²) in [6, 6.07) is 3.85. The van der Waals surface area contributed by atoms with Crippen molar-refractivity contribution in [1.29, 1.82) is 0 Å². The van der Waals surface area contributed by atoms with E-state index in [2.05, 4.69) is 20.4 Å². The third-order valence-electron chi connectivity index (χ3n) is 3.40. The summed E-state index contributed by atoms with van der Waals surface area (Å²) in [5.41, 5.74) is 0. The Morgan fingerprint density at radius 2 is 2.26 bits per heavy atom. The van der Waals surface area contributed by atoms with Crippen molar-refractivity contribution in [2.24, 2.45) is 5.92 Å². The van der Waals surface area contributed by atoms with Crippen LogP contribution in [-0.2, 0) is 4.79 Å². The Kier molecular flexibility index (Phi) is 5.09. The topological polar surface area (TPSA) is 78.4 Å². The van der Waals surface area contributed by atoms with Crippen LogP contribution in [0, 0.1) is 5.92 Å². The molecule has 1 aliphatic rings. The van der Waals surface area contributed by atoms with Gasteiger partial charge in [0.2, 0.25) is 5.91 Å². The highest BCUT2D eigenvalue weighted by Crippen LogP contribution is 2.23. The van der Waals surface area contributed by atoms with E-state index in [4.69, 9.17) is 5.11 Å². The smallest absolute Gasteiger partial charge is 0.220 e. The molecule has 0 atom stereocenters. The highest BCUT2D eigenvalue weighted by Gasteiger charge is 2.22. The number of amides is 1. The Balaban J connectivity index is 1.75. The second kappa shape index (κ2) is 7.04. The van der Waals surface area contributed by atoms with E-state index in [9.17, 15) is 4.79 Å². The van der Waals surface area contributed by atoms with E-state index in [-0.39, 0.29) is 12.5 Å². The van der Waals surface area contributed by atoms with Gasteiger partial charge < -0.3 is 15.3 Å². The molecule has 0 aromatic carbocycles. The molecule has 1 aliphatic heterocycles. The SMILES string of the molecule is O=C(CC1CCN(c2cccnn2)CC1)NCCO. The van der Waals surface area contributed by atoms with Crippen molar-refractivity contribution >= 4 is 11.7 Å². The average Bonchev–Trinajstić information content (AvgIpc) is 2.47. The lowest BCUT2D eigenvalue weighted by atomic mass is 9.93. The molecule has 1 amide bonds. The summed E-state index contributed by atoms with van der Waals surface area (Å²) in [6.45, 7) is 2.17. The first kappa shape index (κ1) is 13.7. The number of carbonyl (C=O) groups excluding carboxylic acids is 1. The normalized spacial score (nSPS) is 16.4. The maximum absolute atomic E-state index is 11.6. The fraction of sp³-hybridized carbons (Fsp3) is 0.615. The number of aromatic nitrogens is 2. The van der Waals surface area contributed by atoms with Crippen LogP contribution in [0.25, 0.3) is 0 Å². The molecule has 0 aliphatic carbocycles. The van der Waals surface area contributed by atoms with Crippen molar-refractivity contribution in [2.45, 2.75) is 19.3 Å². The van der Waals surface area contributed by atoms with Crippen LogP contribution in [0.5, 0.6) is 0 Å². The van der Waals surface area contributed by atoms with Gasteiger partial charge in [0.05, 0.1) is 6.61 Å². The summed E-state index contributed by atoms with van der Waals surface area (Å²) in [4.78, 5) is 13.8. The summed E-state index contributed by atoms with van der Waals surface area (Å²) in [6.07, 6.45) is 4.20. The molecule has 0 unspecified atom stereocenters. The number of rotatable bonds is 5. The first-order valence-electron chi connectivity index (χ1n) is 6.70. The summed E-state index contributed by atoms with van der Waals surface area (Å²) < 4.78 is 0. The van der Waals surface area contributed by atoms with Crippen molar-refractivity contribution in [2.75, 3.05) is 31.1 Å². The summed E-state index contributed by atoms with van der Waals surface area (Å²) in [7, 11) is 0. The minimum atomic E-state index is -0.00311. The van der Waals surface area contributed by atoms with Crippen molar-refractivity contribution in [3.8, 4) is 0 Å². The Morgan fingerprint density at radius 1 is 1.47 bits per heavy atom. The lowest BCUT2D eigenvalue weighted by molar-refractivity contribution is -0.122. The molecule has 2 rings (SSSR count). The molecule has 0 bridgehead atoms. The van der Waals surface area contributed by atoms with E-state index in [0.29, 0.717) is 18.9 Å². The van der Waals surface area contributed by atoms with Crippen LogP contribution < -0.4 is 10.2 Å². The third-order valence-corrected chi connectivity index (χ3v) is 3.40. The molecule has 1 saturated heterocycles. The fourth-order valence-corrected chi connectivity index (χ4v) is 2.36. The zero-order chi connectivity index (χ0) is 13.5. The molecule has 6 nitrogen and oxygen atoms in total. The highest BCUT2D eigenvalue weighted by molar-refractivity contribution is 5.76. The van der Waals surface area contributed by atoms with E-state index >= 15 is 0 Å². The number of nitrogens with zero attached hydrogens (tertiary/aromatic N) is 3. The number of carbonyl (C=O) groups is 1. The number of aliphatic hydroxyl groups excluding tert-OH is 1. The summed E-state index contributed by atoms with van der Waals surface area (Å²) in [5.74, 6) is 1.37. The molecular formula is C13H20N4O2. The minimum absolute atomic E-state index is 0.00311. The number of aliphatic hydroxyl groups is 1. The van der Waals surface area contributed by atoms with Crippen LogP contribution in [-0.4, -0.2) is 47.5 Å². The minimum Gasteiger partial charge on any atom is -0.395 e. The van der Waals surface area contributed by atoms with Crippen LogP contribution in [0.2, 0.25) is 0 Å². The zero-order valence-electron chi connectivity index (χ0n) is 11.0. The van der Waals surface area contributed by atoms with Crippen LogP contribution in [0.4, 0.5) is 5.82 Å². The molecule has 0 radical (unpaired) electrons. The average molecular weight is 264 g/mol. The van der Waals surface area contributed by atoms with Crippen molar-refractivity contribution in [3.05, 3.63) is 18.3 Å². The molecule has 19 heavy (non-hydrogen) atoms. The van der Waals surface area contributed by atoms with E-state index < -0.39 is 0 Å². The Labute approximate surface area is 112 Å². The molecule has 0 saturated carbocycles.